The van der Waals surface area contributed by atoms with Crippen molar-refractivity contribution in [2.24, 2.45) is 4.99 Å². The quantitative estimate of drug-likeness (QED) is 0.323. The van der Waals surface area contributed by atoms with Gasteiger partial charge in [0.1, 0.15) is 0 Å². The Morgan fingerprint density at radius 3 is 2.58 bits per heavy atom. The maximum Gasteiger partial charge on any atom is 0.337 e. The number of para-hydroxylation sites is 1. The van der Waals surface area contributed by atoms with Gasteiger partial charge in [0.2, 0.25) is 0 Å². The second kappa shape index (κ2) is 10.7. The number of nitrogens with zero attached hydrogens (tertiary/aromatic N) is 3. The average Bonchev–Trinajstić information content (AvgIpc) is 3.46. The number of carbonyl (C=O) groups is 1. The number of thiazole rings is 1. The zero-order valence-corrected chi connectivity index (χ0v) is 22.6. The first kappa shape index (κ1) is 25.5. The molecule has 8 nitrogen and oxygen atoms in total. The third kappa shape index (κ3) is 4.43. The minimum atomic E-state index is -0.729. The van der Waals surface area contributed by atoms with Crippen LogP contribution in [0, 0.1) is 0 Å². The van der Waals surface area contributed by atoms with Crippen molar-refractivity contribution in [2.45, 2.75) is 33.4 Å². The monoisotopic (exact) mass is 531 g/mol. The summed E-state index contributed by atoms with van der Waals surface area (Å²) >= 11 is 1.29. The summed E-state index contributed by atoms with van der Waals surface area (Å²) in [5, 5.41) is 1.07. The lowest BCUT2D eigenvalue weighted by molar-refractivity contribution is -0.136. The van der Waals surface area contributed by atoms with Crippen LogP contribution in [0.2, 0.25) is 0 Å². The smallest absolute Gasteiger partial charge is 0.337 e. The molecule has 0 fully saturated rings. The van der Waals surface area contributed by atoms with E-state index in [2.05, 4.69) is 34.8 Å². The van der Waals surface area contributed by atoms with Crippen molar-refractivity contribution >= 4 is 34.3 Å². The lowest BCUT2D eigenvalue weighted by Gasteiger charge is -2.23. The van der Waals surface area contributed by atoms with Crippen LogP contribution in [-0.4, -0.2) is 35.4 Å². The highest BCUT2D eigenvalue weighted by Gasteiger charge is 2.31. The van der Waals surface area contributed by atoms with Crippen molar-refractivity contribution in [3.63, 3.8) is 0 Å². The molecule has 1 aliphatic rings. The first-order valence-corrected chi connectivity index (χ1v) is 13.4. The van der Waals surface area contributed by atoms with Crippen LogP contribution in [0.4, 0.5) is 0 Å². The largest absolute Gasteiger partial charge is 0.490 e. The Bertz CT molecular complexity index is 1730. The van der Waals surface area contributed by atoms with Crippen LogP contribution in [0.5, 0.6) is 11.5 Å². The number of esters is 1. The zero-order chi connectivity index (χ0) is 26.8. The Morgan fingerprint density at radius 2 is 1.84 bits per heavy atom. The fraction of sp³-hybridized carbons (Fsp3) is 0.276. The second-order valence-electron chi connectivity index (χ2n) is 8.64. The molecular weight excluding hydrogens is 502 g/mol. The number of benzene rings is 2. The molecule has 3 heterocycles. The van der Waals surface area contributed by atoms with E-state index in [1.165, 1.54) is 24.6 Å². The molecule has 0 saturated heterocycles. The van der Waals surface area contributed by atoms with Gasteiger partial charge < -0.3 is 18.8 Å². The summed E-state index contributed by atoms with van der Waals surface area (Å²) in [5.74, 6) is 0.592. The van der Waals surface area contributed by atoms with Crippen molar-refractivity contribution in [3.05, 3.63) is 91.2 Å². The summed E-state index contributed by atoms with van der Waals surface area (Å²) in [6.45, 7) is 7.62. The van der Waals surface area contributed by atoms with Crippen LogP contribution in [0.3, 0.4) is 0 Å². The number of fused-ring (bicyclic) bond motifs is 2. The van der Waals surface area contributed by atoms with Crippen molar-refractivity contribution in [1.29, 1.82) is 0 Å². The zero-order valence-electron chi connectivity index (χ0n) is 21.8. The molecule has 2 aromatic carbocycles. The van der Waals surface area contributed by atoms with Crippen LogP contribution in [0.1, 0.15) is 37.9 Å². The van der Waals surface area contributed by atoms with Crippen LogP contribution >= 0.6 is 11.3 Å². The highest BCUT2D eigenvalue weighted by atomic mass is 32.1. The number of ether oxygens (including phenoxy) is 3. The van der Waals surface area contributed by atoms with Crippen molar-refractivity contribution < 1.29 is 19.0 Å². The molecule has 2 aromatic heterocycles. The lowest BCUT2D eigenvalue weighted by Crippen LogP contribution is -2.39. The minimum absolute atomic E-state index is 0.228. The van der Waals surface area contributed by atoms with Gasteiger partial charge in [0.25, 0.3) is 5.56 Å². The van der Waals surface area contributed by atoms with Crippen LogP contribution in [-0.2, 0) is 16.1 Å². The van der Waals surface area contributed by atoms with Crippen LogP contribution in [0.25, 0.3) is 17.0 Å². The van der Waals surface area contributed by atoms with Crippen molar-refractivity contribution in [1.82, 2.24) is 9.13 Å². The molecule has 38 heavy (non-hydrogen) atoms. The van der Waals surface area contributed by atoms with Gasteiger partial charge in [-0.05, 0) is 50.6 Å². The molecule has 5 rings (SSSR count). The number of methoxy groups -OCH3 is 1. The summed E-state index contributed by atoms with van der Waals surface area (Å²) < 4.78 is 20.8. The normalized spacial score (nSPS) is 15.1. The lowest BCUT2D eigenvalue weighted by atomic mass is 9.97. The molecule has 0 radical (unpaired) electrons. The molecule has 196 valence electrons. The molecule has 0 bridgehead atoms. The minimum Gasteiger partial charge on any atom is -0.490 e. The molecule has 0 amide bonds. The highest BCUT2D eigenvalue weighted by Crippen LogP contribution is 2.35. The standard InChI is InChI=1S/C29H29N3O5S/c1-5-31-17-19(20-10-8-9-11-22(20)31)15-25-27(33)32-26(21(28(34)35-4)16-30-29(32)38-25)18-12-13-23(36-6-2)24(14-18)37-7-3/h8-17,26H,5-7H2,1-4H3/b25-15+/t26-/m0/s1. The number of aromatic nitrogens is 2. The molecule has 0 unspecified atom stereocenters. The maximum absolute atomic E-state index is 13.9. The molecule has 9 heteroatoms. The Labute approximate surface area is 223 Å². The van der Waals surface area contributed by atoms with E-state index in [9.17, 15) is 9.59 Å². The Morgan fingerprint density at radius 1 is 1.08 bits per heavy atom. The first-order chi connectivity index (χ1) is 18.5. The molecule has 0 N–H and O–H groups in total. The van der Waals surface area contributed by atoms with Gasteiger partial charge in [0.05, 0.1) is 36.5 Å². The van der Waals surface area contributed by atoms with E-state index < -0.39 is 12.0 Å². The molecule has 4 aromatic rings. The molecule has 0 aliphatic carbocycles. The summed E-state index contributed by atoms with van der Waals surface area (Å²) in [7, 11) is 1.32. The Hall–Kier alpha value is -4.11. The van der Waals surface area contributed by atoms with Gasteiger partial charge >= 0.3 is 5.97 Å². The van der Waals surface area contributed by atoms with Gasteiger partial charge in [-0.15, -0.1) is 0 Å². The van der Waals surface area contributed by atoms with Gasteiger partial charge in [0.15, 0.2) is 16.3 Å². The maximum atomic E-state index is 13.9. The summed E-state index contributed by atoms with van der Waals surface area (Å²) in [4.78, 5) is 31.7. The molecule has 0 saturated carbocycles. The number of rotatable bonds is 8. The van der Waals surface area contributed by atoms with E-state index in [1.807, 2.05) is 44.2 Å². The van der Waals surface area contributed by atoms with Crippen molar-refractivity contribution in [3.8, 4) is 11.5 Å². The predicted molar refractivity (Wildman–Crippen MR) is 148 cm³/mol. The van der Waals surface area contributed by atoms with E-state index in [0.717, 1.165) is 23.0 Å². The van der Waals surface area contributed by atoms with Gasteiger partial charge in [-0.3, -0.25) is 9.36 Å². The molecular formula is C29H29N3O5S. The predicted octanol–water partition coefficient (Wildman–Crippen LogP) is 3.79. The van der Waals surface area contributed by atoms with Crippen LogP contribution < -0.4 is 24.4 Å². The highest BCUT2D eigenvalue weighted by molar-refractivity contribution is 7.07. The molecule has 0 spiro atoms. The summed E-state index contributed by atoms with van der Waals surface area (Å²) in [5.41, 5.74) is 2.79. The number of hydrogen-bond acceptors (Lipinski definition) is 7. The average molecular weight is 532 g/mol. The SMILES string of the molecule is CCOc1ccc([C@H]2C(C(=O)OC)=CN=c3s/c(=C/c4cn(CC)c5ccccc45)c(=O)n32)cc1OCC. The first-order valence-electron chi connectivity index (χ1n) is 12.6. The third-order valence-electron chi connectivity index (χ3n) is 6.45. The second-order valence-corrected chi connectivity index (χ2v) is 9.64. The van der Waals surface area contributed by atoms with Gasteiger partial charge in [-0.25, -0.2) is 9.79 Å². The van der Waals surface area contributed by atoms with E-state index in [1.54, 1.807) is 10.6 Å². The fourth-order valence-corrected chi connectivity index (χ4v) is 5.74. The van der Waals surface area contributed by atoms with E-state index in [-0.39, 0.29) is 11.1 Å². The van der Waals surface area contributed by atoms with E-state index >= 15 is 0 Å². The van der Waals surface area contributed by atoms with Crippen LogP contribution in [0.15, 0.2) is 70.2 Å². The molecule has 1 atom stereocenters. The topological polar surface area (TPSA) is 84.0 Å². The van der Waals surface area contributed by atoms with E-state index in [4.69, 9.17) is 14.2 Å². The third-order valence-corrected chi connectivity index (χ3v) is 7.45. The summed E-state index contributed by atoms with van der Waals surface area (Å²) in [6, 6.07) is 12.8. The fourth-order valence-electron chi connectivity index (χ4n) is 4.78. The van der Waals surface area contributed by atoms with Gasteiger partial charge in [-0.2, -0.15) is 0 Å². The van der Waals surface area contributed by atoms with Crippen molar-refractivity contribution in [2.75, 3.05) is 20.3 Å². The Balaban J connectivity index is 1.70. The number of carbonyl (C=O) groups excluding carboxylic acids is 1. The molecule has 1 aliphatic heterocycles. The van der Waals surface area contributed by atoms with Gasteiger partial charge in [-0.1, -0.05) is 35.6 Å². The Kier molecular flexibility index (Phi) is 7.20. The summed E-state index contributed by atoms with van der Waals surface area (Å²) in [6.07, 6.45) is 5.45. The van der Waals surface area contributed by atoms with Gasteiger partial charge in [0, 0.05) is 35.4 Å². The van der Waals surface area contributed by atoms with E-state index in [0.29, 0.717) is 39.6 Å². The number of aryl methyl sites for hydroxylation is 1. The number of hydrogen-bond donors (Lipinski definition) is 0.